The summed E-state index contributed by atoms with van der Waals surface area (Å²) >= 11 is 0. The van der Waals surface area contributed by atoms with Crippen molar-refractivity contribution < 1.29 is 23.9 Å². The highest BCUT2D eigenvalue weighted by atomic mass is 16.5. The van der Waals surface area contributed by atoms with E-state index in [0.29, 0.717) is 43.2 Å². The lowest BCUT2D eigenvalue weighted by Crippen LogP contribution is -2.50. The Hall–Kier alpha value is -2.77. The number of fused-ring (bicyclic) bond motifs is 1. The first-order chi connectivity index (χ1) is 11.5. The minimum atomic E-state index is -0.551. The van der Waals surface area contributed by atoms with E-state index in [0.717, 1.165) is 0 Å². The van der Waals surface area contributed by atoms with Gasteiger partial charge in [-0.1, -0.05) is 0 Å². The first-order valence-electron chi connectivity index (χ1n) is 7.73. The number of rotatable bonds is 1. The van der Waals surface area contributed by atoms with Gasteiger partial charge in [-0.15, -0.1) is 0 Å². The number of nitrogens with one attached hydrogen (secondary N) is 1. The third kappa shape index (κ3) is 2.99. The van der Waals surface area contributed by atoms with Crippen LogP contribution in [0.2, 0.25) is 0 Å². The van der Waals surface area contributed by atoms with Crippen LogP contribution < -0.4 is 10.1 Å². The quantitative estimate of drug-likeness (QED) is 0.826. The van der Waals surface area contributed by atoms with Crippen LogP contribution >= 0.6 is 0 Å². The van der Waals surface area contributed by atoms with Gasteiger partial charge in [-0.25, -0.2) is 4.79 Å². The molecule has 3 amide bonds. The molecule has 1 atom stereocenters. The number of carbonyl (C=O) groups is 3. The molecule has 128 valence electrons. The SMILES string of the molecule is COC(=O)N1CCN(C(=O)c2ccc3c(c2)NC(=O)C(C)O3)CC1. The maximum Gasteiger partial charge on any atom is 0.409 e. The summed E-state index contributed by atoms with van der Waals surface area (Å²) in [5.74, 6) is 0.170. The minimum absolute atomic E-state index is 0.143. The zero-order valence-corrected chi connectivity index (χ0v) is 13.6. The van der Waals surface area contributed by atoms with E-state index in [4.69, 9.17) is 4.74 Å². The fourth-order valence-corrected chi connectivity index (χ4v) is 2.75. The fraction of sp³-hybridized carbons (Fsp3) is 0.438. The van der Waals surface area contributed by atoms with Gasteiger partial charge in [0.1, 0.15) is 5.75 Å². The zero-order valence-electron chi connectivity index (χ0n) is 13.6. The van der Waals surface area contributed by atoms with Gasteiger partial charge in [0.05, 0.1) is 12.8 Å². The molecule has 0 bridgehead atoms. The first kappa shape index (κ1) is 16.1. The van der Waals surface area contributed by atoms with Crippen LogP contribution in [0.1, 0.15) is 17.3 Å². The van der Waals surface area contributed by atoms with Crippen LogP contribution in [-0.2, 0) is 9.53 Å². The number of hydrogen-bond donors (Lipinski definition) is 1. The second kappa shape index (κ2) is 6.38. The Kier molecular flexibility index (Phi) is 4.28. The van der Waals surface area contributed by atoms with Crippen molar-refractivity contribution in [3.63, 3.8) is 0 Å². The molecule has 2 aliphatic heterocycles. The average molecular weight is 333 g/mol. The van der Waals surface area contributed by atoms with Crippen LogP contribution in [-0.4, -0.2) is 67.1 Å². The van der Waals surface area contributed by atoms with Gasteiger partial charge in [-0.3, -0.25) is 9.59 Å². The monoisotopic (exact) mass is 333 g/mol. The van der Waals surface area contributed by atoms with Crippen LogP contribution in [0.15, 0.2) is 18.2 Å². The maximum absolute atomic E-state index is 12.6. The molecule has 1 unspecified atom stereocenters. The summed E-state index contributed by atoms with van der Waals surface area (Å²) in [5.41, 5.74) is 0.968. The molecule has 1 N–H and O–H groups in total. The summed E-state index contributed by atoms with van der Waals surface area (Å²) in [5, 5.41) is 2.73. The second-order valence-electron chi connectivity index (χ2n) is 5.71. The lowest BCUT2D eigenvalue weighted by Gasteiger charge is -2.34. The van der Waals surface area contributed by atoms with E-state index < -0.39 is 6.10 Å². The van der Waals surface area contributed by atoms with Crippen LogP contribution in [0.4, 0.5) is 10.5 Å². The average Bonchev–Trinajstić information content (AvgIpc) is 2.61. The molecule has 1 fully saturated rings. The summed E-state index contributed by atoms with van der Waals surface area (Å²) in [7, 11) is 1.34. The lowest BCUT2D eigenvalue weighted by atomic mass is 10.1. The number of nitrogens with zero attached hydrogens (tertiary/aromatic N) is 2. The highest BCUT2D eigenvalue weighted by molar-refractivity contribution is 6.01. The lowest BCUT2D eigenvalue weighted by molar-refractivity contribution is -0.122. The van der Waals surface area contributed by atoms with Gasteiger partial charge in [0.2, 0.25) is 0 Å². The van der Waals surface area contributed by atoms with E-state index >= 15 is 0 Å². The van der Waals surface area contributed by atoms with Crippen molar-refractivity contribution in [1.29, 1.82) is 0 Å². The van der Waals surface area contributed by atoms with Crippen LogP contribution in [0.5, 0.6) is 5.75 Å². The fourth-order valence-electron chi connectivity index (χ4n) is 2.75. The Balaban J connectivity index is 1.69. The third-order valence-corrected chi connectivity index (χ3v) is 4.16. The maximum atomic E-state index is 12.6. The molecule has 8 nitrogen and oxygen atoms in total. The Morgan fingerprint density at radius 2 is 1.88 bits per heavy atom. The molecular weight excluding hydrogens is 314 g/mol. The first-order valence-corrected chi connectivity index (χ1v) is 7.73. The topological polar surface area (TPSA) is 88.2 Å². The van der Waals surface area contributed by atoms with Crippen LogP contribution in [0.3, 0.4) is 0 Å². The van der Waals surface area contributed by atoms with Crippen LogP contribution in [0, 0.1) is 0 Å². The molecule has 8 heteroatoms. The number of methoxy groups -OCH3 is 1. The molecule has 0 spiro atoms. The molecule has 0 saturated carbocycles. The van der Waals surface area contributed by atoms with Crippen molar-refractivity contribution >= 4 is 23.6 Å². The molecule has 1 saturated heterocycles. The van der Waals surface area contributed by atoms with E-state index in [1.54, 1.807) is 34.9 Å². The van der Waals surface area contributed by atoms with E-state index in [1.165, 1.54) is 7.11 Å². The van der Waals surface area contributed by atoms with Crippen molar-refractivity contribution in [2.24, 2.45) is 0 Å². The molecule has 0 radical (unpaired) electrons. The largest absolute Gasteiger partial charge is 0.479 e. The molecule has 0 aromatic heterocycles. The highest BCUT2D eigenvalue weighted by Crippen LogP contribution is 2.30. The van der Waals surface area contributed by atoms with E-state index in [2.05, 4.69) is 10.1 Å². The van der Waals surface area contributed by atoms with Crippen LogP contribution in [0.25, 0.3) is 0 Å². The smallest absolute Gasteiger partial charge is 0.409 e. The summed E-state index contributed by atoms with van der Waals surface area (Å²) in [6.45, 7) is 3.40. The predicted molar refractivity (Wildman–Crippen MR) is 85.0 cm³/mol. The predicted octanol–water partition coefficient (Wildman–Crippen LogP) is 0.930. The Morgan fingerprint density at radius 3 is 2.54 bits per heavy atom. The summed E-state index contributed by atoms with van der Waals surface area (Å²) in [4.78, 5) is 39.0. The molecule has 1 aromatic rings. The van der Waals surface area contributed by atoms with Gasteiger partial charge in [0.15, 0.2) is 6.10 Å². The van der Waals surface area contributed by atoms with E-state index in [-0.39, 0.29) is 17.9 Å². The van der Waals surface area contributed by atoms with Crippen molar-refractivity contribution in [3.05, 3.63) is 23.8 Å². The Morgan fingerprint density at radius 1 is 1.21 bits per heavy atom. The Labute approximate surface area is 139 Å². The van der Waals surface area contributed by atoms with Gasteiger partial charge in [0.25, 0.3) is 11.8 Å². The van der Waals surface area contributed by atoms with Gasteiger partial charge in [-0.05, 0) is 25.1 Å². The molecule has 2 aliphatic rings. The molecule has 2 heterocycles. The number of carbonyl (C=O) groups excluding carboxylic acids is 3. The van der Waals surface area contributed by atoms with Gasteiger partial charge in [-0.2, -0.15) is 0 Å². The molecule has 3 rings (SSSR count). The Bertz CT molecular complexity index is 682. The van der Waals surface area contributed by atoms with E-state index in [1.807, 2.05) is 0 Å². The van der Waals surface area contributed by atoms with E-state index in [9.17, 15) is 14.4 Å². The molecule has 0 aliphatic carbocycles. The standard InChI is InChI=1S/C16H19N3O5/c1-10-14(20)17-12-9-11(3-4-13(12)24-10)15(21)18-5-7-19(8-6-18)16(22)23-2/h3-4,9-10H,5-8H2,1-2H3,(H,17,20). The highest BCUT2D eigenvalue weighted by Gasteiger charge is 2.27. The van der Waals surface area contributed by atoms with Crippen molar-refractivity contribution in [2.45, 2.75) is 13.0 Å². The minimum Gasteiger partial charge on any atom is -0.479 e. The van der Waals surface area contributed by atoms with Gasteiger partial charge < -0.3 is 24.6 Å². The van der Waals surface area contributed by atoms with Crippen molar-refractivity contribution in [2.75, 3.05) is 38.6 Å². The zero-order chi connectivity index (χ0) is 17.3. The van der Waals surface area contributed by atoms with Crippen molar-refractivity contribution in [3.8, 4) is 5.75 Å². The number of amides is 3. The number of piperazine rings is 1. The second-order valence-corrected chi connectivity index (χ2v) is 5.71. The van der Waals surface area contributed by atoms with Gasteiger partial charge in [0, 0.05) is 31.7 Å². The summed E-state index contributed by atoms with van der Waals surface area (Å²) < 4.78 is 10.2. The number of hydrogen-bond acceptors (Lipinski definition) is 5. The van der Waals surface area contributed by atoms with Crippen molar-refractivity contribution in [1.82, 2.24) is 9.80 Å². The third-order valence-electron chi connectivity index (χ3n) is 4.16. The van der Waals surface area contributed by atoms with Gasteiger partial charge >= 0.3 is 6.09 Å². The summed E-state index contributed by atoms with van der Waals surface area (Å²) in [6, 6.07) is 4.98. The number of benzene rings is 1. The molecule has 24 heavy (non-hydrogen) atoms. The normalized spacial score (nSPS) is 19.9. The number of ether oxygens (including phenoxy) is 2. The molecular formula is C16H19N3O5. The molecule has 1 aromatic carbocycles. The number of anilines is 1. The summed E-state index contributed by atoms with van der Waals surface area (Å²) in [6.07, 6.45) is -0.935.